The van der Waals surface area contributed by atoms with Gasteiger partial charge in [0.2, 0.25) is 0 Å². The molecule has 4 aromatic rings. The van der Waals surface area contributed by atoms with Crippen molar-refractivity contribution in [3.8, 4) is 11.1 Å². The van der Waals surface area contributed by atoms with Crippen LogP contribution < -0.4 is 0 Å². The molecule has 106 valence electrons. The maximum Gasteiger partial charge on any atom is -0.0145 e. The second-order valence-corrected chi connectivity index (χ2v) is 5.92. The van der Waals surface area contributed by atoms with E-state index in [0.29, 0.717) is 0 Å². The van der Waals surface area contributed by atoms with Gasteiger partial charge in [0, 0.05) is 0 Å². The predicted molar refractivity (Wildman–Crippen MR) is 96.4 cm³/mol. The van der Waals surface area contributed by atoms with E-state index in [4.69, 9.17) is 0 Å². The molecule has 0 nitrogen and oxygen atoms in total. The van der Waals surface area contributed by atoms with Crippen molar-refractivity contribution in [1.29, 1.82) is 0 Å². The third kappa shape index (κ3) is 1.92. The Morgan fingerprint density at radius 1 is 0.455 bits per heavy atom. The topological polar surface area (TPSA) is 0 Å². The standard InChI is InChI=1S/C22H18/c1-15-19-9-5-3-7-17(19)11-13-21(15)22-14-12-18-8-4-6-10-20(18)16(22)2/h3-14H,1-2H3. The fourth-order valence-corrected chi connectivity index (χ4v) is 3.44. The van der Waals surface area contributed by atoms with Crippen molar-refractivity contribution in [3.63, 3.8) is 0 Å². The van der Waals surface area contributed by atoms with Crippen LogP contribution in [0.15, 0.2) is 72.8 Å². The second-order valence-electron chi connectivity index (χ2n) is 5.92. The smallest absolute Gasteiger partial charge is 0.0145 e. The van der Waals surface area contributed by atoms with Crippen LogP contribution in [0.3, 0.4) is 0 Å². The molecule has 0 unspecified atom stereocenters. The largest absolute Gasteiger partial charge is 0.0616 e. The molecule has 0 saturated carbocycles. The first kappa shape index (κ1) is 13.1. The summed E-state index contributed by atoms with van der Waals surface area (Å²) >= 11 is 0. The molecule has 0 heteroatoms. The maximum absolute atomic E-state index is 2.26. The van der Waals surface area contributed by atoms with Crippen LogP contribution in [0, 0.1) is 13.8 Å². The summed E-state index contributed by atoms with van der Waals surface area (Å²) in [5.74, 6) is 0. The van der Waals surface area contributed by atoms with Crippen molar-refractivity contribution in [1.82, 2.24) is 0 Å². The van der Waals surface area contributed by atoms with Crippen molar-refractivity contribution in [3.05, 3.63) is 83.9 Å². The van der Waals surface area contributed by atoms with E-state index in [-0.39, 0.29) is 0 Å². The molecule has 0 atom stereocenters. The van der Waals surface area contributed by atoms with Crippen molar-refractivity contribution in [2.75, 3.05) is 0 Å². The monoisotopic (exact) mass is 282 g/mol. The number of rotatable bonds is 1. The minimum Gasteiger partial charge on any atom is -0.0616 e. The van der Waals surface area contributed by atoms with Crippen molar-refractivity contribution in [2.24, 2.45) is 0 Å². The lowest BCUT2D eigenvalue weighted by Gasteiger charge is -2.14. The lowest BCUT2D eigenvalue weighted by Crippen LogP contribution is -1.90. The van der Waals surface area contributed by atoms with Crippen molar-refractivity contribution in [2.45, 2.75) is 13.8 Å². The molecular formula is C22H18. The molecule has 0 bridgehead atoms. The summed E-state index contributed by atoms with van der Waals surface area (Å²) in [6.45, 7) is 4.46. The average Bonchev–Trinajstić information content (AvgIpc) is 2.57. The highest BCUT2D eigenvalue weighted by molar-refractivity contribution is 5.96. The van der Waals surface area contributed by atoms with E-state index in [2.05, 4.69) is 86.6 Å². The SMILES string of the molecule is Cc1c(-c2ccc3ccccc3c2C)ccc2ccccc12. The Labute approximate surface area is 131 Å². The Morgan fingerprint density at radius 3 is 1.32 bits per heavy atom. The van der Waals surface area contributed by atoms with E-state index in [9.17, 15) is 0 Å². The van der Waals surface area contributed by atoms with Gasteiger partial charge < -0.3 is 0 Å². The van der Waals surface area contributed by atoms with Crippen molar-refractivity contribution < 1.29 is 0 Å². The first-order valence-electron chi connectivity index (χ1n) is 7.73. The minimum atomic E-state index is 1.31. The molecule has 0 fully saturated rings. The molecule has 0 spiro atoms. The van der Waals surface area contributed by atoms with Gasteiger partial charge in [-0.05, 0) is 57.6 Å². The number of aryl methyl sites for hydroxylation is 2. The van der Waals surface area contributed by atoms with Gasteiger partial charge >= 0.3 is 0 Å². The molecule has 0 aliphatic heterocycles. The maximum atomic E-state index is 2.26. The Balaban J connectivity index is 2.03. The van der Waals surface area contributed by atoms with Crippen LogP contribution in [0.5, 0.6) is 0 Å². The normalized spacial score (nSPS) is 11.2. The molecular weight excluding hydrogens is 264 g/mol. The minimum absolute atomic E-state index is 1.31. The van der Waals surface area contributed by atoms with Gasteiger partial charge in [-0.2, -0.15) is 0 Å². The van der Waals surface area contributed by atoms with E-state index in [1.54, 1.807) is 0 Å². The van der Waals surface area contributed by atoms with Gasteiger partial charge in [0.25, 0.3) is 0 Å². The van der Waals surface area contributed by atoms with Gasteiger partial charge in [-0.25, -0.2) is 0 Å². The molecule has 0 N–H and O–H groups in total. The lowest BCUT2D eigenvalue weighted by molar-refractivity contribution is 1.46. The highest BCUT2D eigenvalue weighted by Crippen LogP contribution is 2.34. The van der Waals surface area contributed by atoms with Crippen LogP contribution in [0.2, 0.25) is 0 Å². The Bertz CT molecular complexity index is 910. The predicted octanol–water partition coefficient (Wildman–Crippen LogP) is 6.28. The zero-order valence-corrected chi connectivity index (χ0v) is 12.9. The van der Waals surface area contributed by atoms with Gasteiger partial charge in [-0.3, -0.25) is 0 Å². The molecule has 0 saturated heterocycles. The zero-order valence-electron chi connectivity index (χ0n) is 12.9. The van der Waals surface area contributed by atoms with Gasteiger partial charge in [-0.1, -0.05) is 72.8 Å². The summed E-state index contributed by atoms with van der Waals surface area (Å²) in [4.78, 5) is 0. The van der Waals surface area contributed by atoms with E-state index in [1.807, 2.05) is 0 Å². The zero-order chi connectivity index (χ0) is 15.1. The molecule has 22 heavy (non-hydrogen) atoms. The Hall–Kier alpha value is -2.60. The fourth-order valence-electron chi connectivity index (χ4n) is 3.44. The summed E-state index contributed by atoms with van der Waals surface area (Å²) in [5.41, 5.74) is 5.39. The van der Waals surface area contributed by atoms with Crippen LogP contribution in [0.25, 0.3) is 32.7 Å². The van der Waals surface area contributed by atoms with Gasteiger partial charge in [-0.15, -0.1) is 0 Å². The van der Waals surface area contributed by atoms with Crippen LogP contribution in [-0.2, 0) is 0 Å². The van der Waals surface area contributed by atoms with Gasteiger partial charge in [0.1, 0.15) is 0 Å². The molecule has 4 aromatic carbocycles. The molecule has 4 rings (SSSR count). The van der Waals surface area contributed by atoms with Gasteiger partial charge in [0.05, 0.1) is 0 Å². The van der Waals surface area contributed by atoms with Crippen LogP contribution >= 0.6 is 0 Å². The summed E-state index contributed by atoms with van der Waals surface area (Å²) in [6.07, 6.45) is 0. The highest BCUT2D eigenvalue weighted by Gasteiger charge is 2.09. The lowest BCUT2D eigenvalue weighted by atomic mass is 9.90. The fraction of sp³-hybridized carbons (Fsp3) is 0.0909. The summed E-state index contributed by atoms with van der Waals surface area (Å²) in [6, 6.07) is 26.2. The van der Waals surface area contributed by atoms with E-state index in [0.717, 1.165) is 0 Å². The third-order valence-corrected chi connectivity index (χ3v) is 4.69. The molecule has 0 aliphatic carbocycles. The molecule has 0 heterocycles. The number of fused-ring (bicyclic) bond motifs is 2. The van der Waals surface area contributed by atoms with Crippen LogP contribution in [-0.4, -0.2) is 0 Å². The summed E-state index contributed by atoms with van der Waals surface area (Å²) < 4.78 is 0. The van der Waals surface area contributed by atoms with E-state index >= 15 is 0 Å². The number of benzene rings is 4. The van der Waals surface area contributed by atoms with Crippen molar-refractivity contribution >= 4 is 21.5 Å². The third-order valence-electron chi connectivity index (χ3n) is 4.69. The number of hydrogen-bond donors (Lipinski definition) is 0. The highest BCUT2D eigenvalue weighted by atomic mass is 14.1. The van der Waals surface area contributed by atoms with E-state index in [1.165, 1.54) is 43.8 Å². The quantitative estimate of drug-likeness (QED) is 0.385. The molecule has 0 aromatic heterocycles. The molecule has 0 radical (unpaired) electrons. The first-order chi connectivity index (χ1) is 10.8. The average molecular weight is 282 g/mol. The summed E-state index contributed by atoms with van der Waals surface area (Å²) in [7, 11) is 0. The van der Waals surface area contributed by atoms with Gasteiger partial charge in [0.15, 0.2) is 0 Å². The Morgan fingerprint density at radius 2 is 0.864 bits per heavy atom. The summed E-state index contributed by atoms with van der Waals surface area (Å²) in [5, 5.41) is 5.30. The second kappa shape index (κ2) is 4.99. The Kier molecular flexibility index (Phi) is 2.97. The molecule has 0 amide bonds. The first-order valence-corrected chi connectivity index (χ1v) is 7.73. The number of hydrogen-bond acceptors (Lipinski definition) is 0. The van der Waals surface area contributed by atoms with E-state index < -0.39 is 0 Å². The van der Waals surface area contributed by atoms with Crippen LogP contribution in [0.1, 0.15) is 11.1 Å². The van der Waals surface area contributed by atoms with Crippen LogP contribution in [0.4, 0.5) is 0 Å². The molecule has 0 aliphatic rings.